The molecule has 3 heteroatoms. The molecule has 0 spiro atoms. The molecule has 1 amide bonds. The molecule has 0 aliphatic carbocycles. The Morgan fingerprint density at radius 1 is 1.40 bits per heavy atom. The molecule has 1 heterocycles. The zero-order chi connectivity index (χ0) is 11.6. The fourth-order valence-electron chi connectivity index (χ4n) is 1.93. The fraction of sp³-hybridized carbons (Fsp3) is 0.917. The van der Waals surface area contributed by atoms with E-state index in [4.69, 9.17) is 0 Å². The Labute approximate surface area is 93.2 Å². The van der Waals surface area contributed by atoms with Crippen LogP contribution in [0.2, 0.25) is 0 Å². The summed E-state index contributed by atoms with van der Waals surface area (Å²) in [6, 6.07) is -0.00527. The van der Waals surface area contributed by atoms with Crippen LogP contribution >= 0.6 is 0 Å². The van der Waals surface area contributed by atoms with Gasteiger partial charge in [-0.3, -0.25) is 10.1 Å². The van der Waals surface area contributed by atoms with E-state index in [1.807, 2.05) is 11.8 Å². The van der Waals surface area contributed by atoms with Crippen molar-refractivity contribution in [3.63, 3.8) is 0 Å². The Morgan fingerprint density at radius 2 is 2.00 bits per heavy atom. The molecular formula is C12H24N2O. The first-order valence-corrected chi connectivity index (χ1v) is 6.03. The quantitative estimate of drug-likeness (QED) is 0.771. The zero-order valence-electron chi connectivity index (χ0n) is 10.6. The van der Waals surface area contributed by atoms with Crippen LogP contribution in [0.3, 0.4) is 0 Å². The summed E-state index contributed by atoms with van der Waals surface area (Å²) in [6.45, 7) is 11.6. The minimum atomic E-state index is -0.00527. The second kappa shape index (κ2) is 4.97. The molecule has 0 bridgehead atoms. The monoisotopic (exact) mass is 212 g/mol. The maximum absolute atomic E-state index is 11.9. The van der Waals surface area contributed by atoms with E-state index in [0.717, 1.165) is 13.0 Å². The lowest BCUT2D eigenvalue weighted by molar-refractivity contribution is -0.130. The van der Waals surface area contributed by atoms with Crippen molar-refractivity contribution in [2.75, 3.05) is 6.54 Å². The Balaban J connectivity index is 2.62. The van der Waals surface area contributed by atoms with Crippen LogP contribution in [0.1, 0.15) is 41.0 Å². The molecule has 1 rings (SSSR count). The number of carbonyl (C=O) groups is 1. The number of carbonyl (C=O) groups excluding carboxylic acids is 1. The van der Waals surface area contributed by atoms with Crippen molar-refractivity contribution in [1.29, 1.82) is 0 Å². The van der Waals surface area contributed by atoms with E-state index >= 15 is 0 Å². The maximum atomic E-state index is 11.9. The van der Waals surface area contributed by atoms with Gasteiger partial charge in [0.1, 0.15) is 0 Å². The SMILES string of the molecule is CCC1NC(C)C(=O)N1CC(C)C(C)C. The summed E-state index contributed by atoms with van der Waals surface area (Å²) < 4.78 is 0. The summed E-state index contributed by atoms with van der Waals surface area (Å²) in [5.74, 6) is 1.45. The molecular weight excluding hydrogens is 188 g/mol. The number of nitrogens with one attached hydrogen (secondary N) is 1. The number of rotatable bonds is 4. The van der Waals surface area contributed by atoms with Crippen molar-refractivity contribution in [3.05, 3.63) is 0 Å². The van der Waals surface area contributed by atoms with Crippen LogP contribution < -0.4 is 5.32 Å². The van der Waals surface area contributed by atoms with Crippen LogP contribution in [0.4, 0.5) is 0 Å². The Kier molecular flexibility index (Phi) is 4.14. The average molecular weight is 212 g/mol. The van der Waals surface area contributed by atoms with Crippen molar-refractivity contribution in [3.8, 4) is 0 Å². The third-order valence-electron chi connectivity index (χ3n) is 3.48. The lowest BCUT2D eigenvalue weighted by Gasteiger charge is -2.28. The molecule has 1 saturated heterocycles. The van der Waals surface area contributed by atoms with Gasteiger partial charge in [-0.1, -0.05) is 27.7 Å². The highest BCUT2D eigenvalue weighted by Crippen LogP contribution is 2.18. The maximum Gasteiger partial charge on any atom is 0.240 e. The van der Waals surface area contributed by atoms with Crippen LogP contribution in [-0.4, -0.2) is 29.6 Å². The Hall–Kier alpha value is -0.570. The van der Waals surface area contributed by atoms with Gasteiger partial charge in [-0.25, -0.2) is 0 Å². The van der Waals surface area contributed by atoms with E-state index in [1.54, 1.807) is 0 Å². The second-order valence-corrected chi connectivity index (χ2v) is 5.02. The highest BCUT2D eigenvalue weighted by Gasteiger charge is 2.35. The predicted molar refractivity (Wildman–Crippen MR) is 62.4 cm³/mol. The Bertz CT molecular complexity index is 228. The first-order valence-electron chi connectivity index (χ1n) is 6.03. The van der Waals surface area contributed by atoms with Crippen LogP contribution in [0.5, 0.6) is 0 Å². The molecule has 3 unspecified atom stereocenters. The van der Waals surface area contributed by atoms with E-state index in [1.165, 1.54) is 0 Å². The summed E-state index contributed by atoms with van der Waals surface area (Å²) in [6.07, 6.45) is 1.23. The molecule has 3 nitrogen and oxygen atoms in total. The lowest BCUT2D eigenvalue weighted by atomic mass is 9.97. The van der Waals surface area contributed by atoms with E-state index in [-0.39, 0.29) is 18.1 Å². The molecule has 0 aromatic heterocycles. The van der Waals surface area contributed by atoms with Gasteiger partial charge < -0.3 is 4.90 Å². The van der Waals surface area contributed by atoms with E-state index in [9.17, 15) is 4.79 Å². The van der Waals surface area contributed by atoms with Gasteiger partial charge in [-0.2, -0.15) is 0 Å². The fourth-order valence-corrected chi connectivity index (χ4v) is 1.93. The molecule has 1 N–H and O–H groups in total. The molecule has 0 saturated carbocycles. The molecule has 88 valence electrons. The summed E-state index contributed by atoms with van der Waals surface area (Å²) in [7, 11) is 0. The van der Waals surface area contributed by atoms with Gasteiger partial charge in [0, 0.05) is 6.54 Å². The molecule has 1 aliphatic heterocycles. The van der Waals surface area contributed by atoms with Gasteiger partial charge in [0.2, 0.25) is 5.91 Å². The van der Waals surface area contributed by atoms with Gasteiger partial charge in [-0.05, 0) is 25.2 Å². The van der Waals surface area contributed by atoms with Gasteiger partial charge in [-0.15, -0.1) is 0 Å². The summed E-state index contributed by atoms with van der Waals surface area (Å²) >= 11 is 0. The highest BCUT2D eigenvalue weighted by atomic mass is 16.2. The molecule has 0 aromatic rings. The first kappa shape index (κ1) is 12.5. The third kappa shape index (κ3) is 2.71. The molecule has 0 radical (unpaired) electrons. The molecule has 1 aliphatic rings. The largest absolute Gasteiger partial charge is 0.326 e. The van der Waals surface area contributed by atoms with Gasteiger partial charge >= 0.3 is 0 Å². The van der Waals surface area contributed by atoms with Crippen molar-refractivity contribution < 1.29 is 4.79 Å². The van der Waals surface area contributed by atoms with E-state index in [2.05, 4.69) is 33.0 Å². The predicted octanol–water partition coefficient (Wildman–Crippen LogP) is 1.83. The van der Waals surface area contributed by atoms with E-state index in [0.29, 0.717) is 11.8 Å². The number of hydrogen-bond donors (Lipinski definition) is 1. The lowest BCUT2D eigenvalue weighted by Crippen LogP contribution is -2.40. The molecule has 3 atom stereocenters. The van der Waals surface area contributed by atoms with Crippen LogP contribution in [0, 0.1) is 11.8 Å². The molecule has 0 aromatic carbocycles. The summed E-state index contributed by atoms with van der Waals surface area (Å²) in [4.78, 5) is 13.9. The summed E-state index contributed by atoms with van der Waals surface area (Å²) in [5, 5.41) is 3.32. The second-order valence-electron chi connectivity index (χ2n) is 5.02. The molecule has 1 fully saturated rings. The van der Waals surface area contributed by atoms with Crippen LogP contribution in [0.15, 0.2) is 0 Å². The number of nitrogens with zero attached hydrogens (tertiary/aromatic N) is 1. The molecule has 15 heavy (non-hydrogen) atoms. The average Bonchev–Trinajstić information content (AvgIpc) is 2.45. The van der Waals surface area contributed by atoms with Crippen molar-refractivity contribution in [1.82, 2.24) is 10.2 Å². The minimum Gasteiger partial charge on any atom is -0.326 e. The smallest absolute Gasteiger partial charge is 0.240 e. The normalized spacial score (nSPS) is 28.9. The minimum absolute atomic E-state index is 0.00527. The van der Waals surface area contributed by atoms with Crippen LogP contribution in [0.25, 0.3) is 0 Å². The van der Waals surface area contributed by atoms with Gasteiger partial charge in [0.25, 0.3) is 0 Å². The van der Waals surface area contributed by atoms with Crippen molar-refractivity contribution in [2.45, 2.75) is 53.2 Å². The first-order chi connectivity index (χ1) is 6.97. The highest BCUT2D eigenvalue weighted by molar-refractivity contribution is 5.83. The topological polar surface area (TPSA) is 32.3 Å². The van der Waals surface area contributed by atoms with Crippen molar-refractivity contribution in [2.24, 2.45) is 11.8 Å². The van der Waals surface area contributed by atoms with Crippen LogP contribution in [-0.2, 0) is 4.79 Å². The van der Waals surface area contributed by atoms with Gasteiger partial charge in [0.05, 0.1) is 12.2 Å². The number of hydrogen-bond acceptors (Lipinski definition) is 2. The Morgan fingerprint density at radius 3 is 2.47 bits per heavy atom. The zero-order valence-corrected chi connectivity index (χ0v) is 10.6. The van der Waals surface area contributed by atoms with Crippen molar-refractivity contribution >= 4 is 5.91 Å². The van der Waals surface area contributed by atoms with E-state index < -0.39 is 0 Å². The standard InChI is InChI=1S/C12H24N2O/c1-6-11-13-10(5)12(15)14(11)7-9(4)8(2)3/h8-11,13H,6-7H2,1-5H3. The van der Waals surface area contributed by atoms with Gasteiger partial charge in [0.15, 0.2) is 0 Å². The number of amides is 1. The summed E-state index contributed by atoms with van der Waals surface area (Å²) in [5.41, 5.74) is 0. The third-order valence-corrected chi connectivity index (χ3v) is 3.48.